The van der Waals surface area contributed by atoms with Gasteiger partial charge >= 0.3 is 5.97 Å². The highest BCUT2D eigenvalue weighted by atomic mass is 16.6. The van der Waals surface area contributed by atoms with Gasteiger partial charge in [0.25, 0.3) is 0 Å². The fourth-order valence-corrected chi connectivity index (χ4v) is 13.2. The van der Waals surface area contributed by atoms with Crippen LogP contribution in [0.15, 0.2) is 114 Å². The SMILES string of the molecule is CNCC1C(n2cc3[nH]ccc3c2CCCO)NC(=NCCCC2=CCNC(N)=C2)NC12CCCC1Oc3cc(ccc3O)CC3C(C#CC12)C=CC1C(OC(C)=O)CC(c2cc(O)c(O)c(OCCc4cccnc4)c2)OC13. The minimum absolute atomic E-state index is 0.0309. The lowest BCUT2D eigenvalue weighted by atomic mass is 9.62. The molecule has 7 heterocycles. The number of aromatic hydroxyl groups is 3. The number of hydrogen-bond donors (Lipinski definition) is 10. The molecule has 18 heteroatoms. The number of carbonyl (C=O) groups is 1. The summed E-state index contributed by atoms with van der Waals surface area (Å²) >= 11 is 0. The summed E-state index contributed by atoms with van der Waals surface area (Å²) in [6.07, 6.45) is 19.8. The number of nitrogens with one attached hydrogen (secondary N) is 5. The molecule has 3 fully saturated rings. The number of aliphatic hydroxyl groups excluding tert-OH is 1. The molecule has 2 saturated heterocycles. The van der Waals surface area contributed by atoms with Crippen molar-refractivity contribution in [2.75, 3.05) is 39.9 Å². The molecule has 11 unspecified atom stereocenters. The first-order chi connectivity index (χ1) is 38.5. The Morgan fingerprint density at radius 1 is 1.08 bits per heavy atom. The van der Waals surface area contributed by atoms with E-state index in [0.717, 1.165) is 53.4 Å². The van der Waals surface area contributed by atoms with Crippen molar-refractivity contribution < 1.29 is 44.2 Å². The average Bonchev–Trinajstić information content (AvgIpc) is 4.16. The van der Waals surface area contributed by atoms with Gasteiger partial charge in [0.1, 0.15) is 18.4 Å². The maximum atomic E-state index is 12.9. The quantitative estimate of drug-likeness (QED) is 0.0168. The van der Waals surface area contributed by atoms with E-state index in [1.807, 2.05) is 43.6 Å². The summed E-state index contributed by atoms with van der Waals surface area (Å²) in [4.78, 5) is 25.9. The van der Waals surface area contributed by atoms with E-state index in [1.54, 1.807) is 24.5 Å². The smallest absolute Gasteiger partial charge is 0.302 e. The molecule has 0 radical (unpaired) electrons. The first-order valence-electron chi connectivity index (χ1n) is 28.0. The van der Waals surface area contributed by atoms with E-state index in [9.17, 15) is 25.2 Å². The highest BCUT2D eigenvalue weighted by Crippen LogP contribution is 2.51. The molecule has 0 amide bonds. The Kier molecular flexibility index (Phi) is 15.8. The number of carbonyl (C=O) groups excluding carboxylic acids is 1. The first kappa shape index (κ1) is 53.4. The Labute approximate surface area is 460 Å². The van der Waals surface area contributed by atoms with Crippen LogP contribution < -0.4 is 36.5 Å². The monoisotopic (exact) mass is 1080 g/mol. The zero-order valence-corrected chi connectivity index (χ0v) is 44.9. The Morgan fingerprint density at radius 3 is 2.80 bits per heavy atom. The van der Waals surface area contributed by atoms with Gasteiger partial charge < -0.3 is 75.9 Å². The number of nitrogens with zero attached hydrogens (tertiary/aromatic N) is 3. The van der Waals surface area contributed by atoms with Gasteiger partial charge in [0.2, 0.25) is 5.75 Å². The zero-order chi connectivity index (χ0) is 54.6. The third kappa shape index (κ3) is 11.2. The van der Waals surface area contributed by atoms with Gasteiger partial charge in [0.05, 0.1) is 41.6 Å². The summed E-state index contributed by atoms with van der Waals surface area (Å²) in [5, 5.41) is 59.8. The Balaban J connectivity index is 0.985. The first-order valence-corrected chi connectivity index (χ1v) is 28.0. The van der Waals surface area contributed by atoms with Crippen LogP contribution in [0, 0.1) is 41.4 Å². The number of H-pyrrole nitrogens is 1. The van der Waals surface area contributed by atoms with Gasteiger partial charge in [0.15, 0.2) is 29.0 Å². The molecule has 79 heavy (non-hydrogen) atoms. The largest absolute Gasteiger partial charge is 0.504 e. The number of benzene rings is 2. The molecule has 6 aliphatic rings. The fourth-order valence-electron chi connectivity index (χ4n) is 13.2. The fraction of sp³-hybridized carbons (Fsp3) is 0.459. The molecule has 18 nitrogen and oxygen atoms in total. The lowest BCUT2D eigenvalue weighted by Crippen LogP contribution is -2.73. The molecule has 3 aromatic heterocycles. The highest BCUT2D eigenvalue weighted by Gasteiger charge is 2.57. The van der Waals surface area contributed by atoms with Crippen LogP contribution in [-0.4, -0.2) is 111 Å². The Bertz CT molecular complexity index is 3190. The van der Waals surface area contributed by atoms with E-state index in [0.29, 0.717) is 74.8 Å². The van der Waals surface area contributed by atoms with Crippen LogP contribution in [-0.2, 0) is 33.5 Å². The summed E-state index contributed by atoms with van der Waals surface area (Å²) in [5.74, 6) is 6.90. The summed E-state index contributed by atoms with van der Waals surface area (Å²) in [5.41, 5.74) is 11.1. The molecule has 11 N–H and O–H groups in total. The van der Waals surface area contributed by atoms with Crippen molar-refractivity contribution in [3.05, 3.63) is 131 Å². The van der Waals surface area contributed by atoms with E-state index in [1.165, 1.54) is 18.6 Å². The zero-order valence-electron chi connectivity index (χ0n) is 44.9. The number of dihydropyridines is 1. The van der Waals surface area contributed by atoms with Crippen LogP contribution in [0.5, 0.6) is 28.7 Å². The van der Waals surface area contributed by atoms with E-state index in [4.69, 9.17) is 29.7 Å². The number of aliphatic imine (C=N–C) groups is 1. The predicted octanol–water partition coefficient (Wildman–Crippen LogP) is 6.45. The molecule has 11 atom stereocenters. The van der Waals surface area contributed by atoms with Crippen molar-refractivity contribution in [1.29, 1.82) is 0 Å². The van der Waals surface area contributed by atoms with Crippen LogP contribution in [0.3, 0.4) is 0 Å². The number of aliphatic hydroxyl groups is 1. The van der Waals surface area contributed by atoms with Crippen LogP contribution in [0.25, 0.3) is 10.9 Å². The molecule has 416 valence electrons. The van der Waals surface area contributed by atoms with Crippen molar-refractivity contribution in [3.63, 3.8) is 0 Å². The summed E-state index contributed by atoms with van der Waals surface area (Å²) in [6.45, 7) is 3.53. The lowest BCUT2D eigenvalue weighted by Gasteiger charge is -2.56. The van der Waals surface area contributed by atoms with Gasteiger partial charge in [0, 0.05) is 106 Å². The number of phenolic OH excluding ortho intramolecular Hbond substituents is 3. The predicted molar refractivity (Wildman–Crippen MR) is 299 cm³/mol. The summed E-state index contributed by atoms with van der Waals surface area (Å²) < 4.78 is 28.9. The van der Waals surface area contributed by atoms with Crippen LogP contribution in [0.1, 0.15) is 86.5 Å². The number of esters is 1. The molecular formula is C61H73N9O9. The van der Waals surface area contributed by atoms with Gasteiger partial charge in [-0.25, -0.2) is 0 Å². The number of hydrogen-bond acceptors (Lipinski definition) is 14. The van der Waals surface area contributed by atoms with E-state index in [2.05, 4.69) is 78.1 Å². The highest BCUT2D eigenvalue weighted by molar-refractivity contribution is 5.84. The lowest BCUT2D eigenvalue weighted by molar-refractivity contribution is -0.179. The van der Waals surface area contributed by atoms with Crippen molar-refractivity contribution >= 4 is 22.8 Å². The number of aromatic nitrogens is 3. The second-order valence-corrected chi connectivity index (χ2v) is 21.9. The third-order valence-electron chi connectivity index (χ3n) is 16.9. The van der Waals surface area contributed by atoms with Gasteiger partial charge in [-0.2, -0.15) is 0 Å². The summed E-state index contributed by atoms with van der Waals surface area (Å²) in [7, 11) is 1.98. The standard InChI is InChI=1S/C61H73N9O9/c1-36(72)77-53-32-52(41-30-50(74)57(75)55(31-41)76-26-19-38-8-4-21-64-33-38)79-58-43(53)14-12-40-13-15-45-51(78-54-28-39(27-44(40)58)11-16-49(54)73)10-3-20-61(45)46(34-63-2)59(70-35-47-42(18-24-65-47)48(70)9-6-25-71)68-60(69-61)67-22-5-7-37-17-23-66-56(62)29-37/h4,8,11-12,14,16-18,21,24,28-31,33,35,40,43-46,51-53,58-59,63,65-66,71,73-75H,3,5-7,9-10,19-20,22-23,25-27,32,34,62H2,1-2H3,(H2,67,68,69). The number of allylic oxidation sites excluding steroid dienone is 3. The van der Waals surface area contributed by atoms with Crippen molar-refractivity contribution in [1.82, 2.24) is 35.8 Å². The Hall–Kier alpha value is -7.59. The van der Waals surface area contributed by atoms with Crippen molar-refractivity contribution in [2.24, 2.45) is 40.3 Å². The van der Waals surface area contributed by atoms with Crippen LogP contribution in [0.4, 0.5) is 0 Å². The third-order valence-corrected chi connectivity index (χ3v) is 16.9. The number of nitrogens with two attached hydrogens (primary N) is 1. The second-order valence-electron chi connectivity index (χ2n) is 21.9. The summed E-state index contributed by atoms with van der Waals surface area (Å²) in [6, 6.07) is 14.6. The van der Waals surface area contributed by atoms with Crippen molar-refractivity contribution in [3.8, 4) is 40.6 Å². The maximum Gasteiger partial charge on any atom is 0.302 e. The normalized spacial score (nSPS) is 28.4. The molecule has 2 bridgehead atoms. The van der Waals surface area contributed by atoms with Crippen LogP contribution >= 0.6 is 0 Å². The van der Waals surface area contributed by atoms with Gasteiger partial charge in [-0.15, -0.1) is 0 Å². The number of phenols is 3. The molecule has 2 aliphatic carbocycles. The molecule has 2 aromatic carbocycles. The average molecular weight is 1080 g/mol. The maximum absolute atomic E-state index is 12.9. The topological polar surface area (TPSA) is 255 Å². The van der Waals surface area contributed by atoms with Crippen LogP contribution in [0.2, 0.25) is 0 Å². The number of aryl methyl sites for hydroxylation is 1. The van der Waals surface area contributed by atoms with Crippen molar-refractivity contribution in [2.45, 2.75) is 107 Å². The molecular weight excluding hydrogens is 1000 g/mol. The van der Waals surface area contributed by atoms with E-state index in [-0.39, 0.29) is 72.5 Å². The number of guanidine groups is 1. The number of ether oxygens (including phenoxy) is 4. The van der Waals surface area contributed by atoms with Gasteiger partial charge in [-0.05, 0) is 123 Å². The molecule has 1 saturated carbocycles. The number of fused-ring (bicyclic) bond motifs is 8. The molecule has 1 spiro atoms. The van der Waals surface area contributed by atoms with Gasteiger partial charge in [-0.1, -0.05) is 42.2 Å². The minimum Gasteiger partial charge on any atom is -0.504 e. The molecule has 11 rings (SSSR count). The second kappa shape index (κ2) is 23.4. The number of rotatable bonds is 16. The molecule has 4 aliphatic heterocycles. The van der Waals surface area contributed by atoms with Gasteiger partial charge in [-0.3, -0.25) is 14.8 Å². The number of pyridine rings is 1. The van der Waals surface area contributed by atoms with E-state index >= 15 is 0 Å². The Morgan fingerprint density at radius 2 is 1.97 bits per heavy atom. The number of aromatic amines is 1. The molecule has 5 aromatic rings. The van der Waals surface area contributed by atoms with E-state index < -0.39 is 41.8 Å². The minimum atomic E-state index is -0.738.